The van der Waals surface area contributed by atoms with Gasteiger partial charge in [0.1, 0.15) is 11.5 Å². The third-order valence-corrected chi connectivity index (χ3v) is 3.64. The van der Waals surface area contributed by atoms with E-state index >= 15 is 0 Å². The lowest BCUT2D eigenvalue weighted by atomic mass is 10.0. The van der Waals surface area contributed by atoms with E-state index in [2.05, 4.69) is 9.97 Å². The molecule has 3 rings (SSSR count). The molecule has 0 saturated heterocycles. The maximum Gasteiger partial charge on any atom is 0.248 e. The van der Waals surface area contributed by atoms with E-state index in [-0.39, 0.29) is 0 Å². The number of carbonyl (C=O) groups is 1. The zero-order chi connectivity index (χ0) is 17.1. The van der Waals surface area contributed by atoms with Gasteiger partial charge in [-0.05, 0) is 30.7 Å². The minimum atomic E-state index is -0.447. The van der Waals surface area contributed by atoms with Crippen LogP contribution in [0.3, 0.4) is 0 Å². The fraction of sp³-hybridized carbons (Fsp3) is 0.0556. The molecule has 6 heteroatoms. The molecule has 0 atom stereocenters. The number of nitrogens with two attached hydrogens (primary N) is 1. The summed E-state index contributed by atoms with van der Waals surface area (Å²) in [7, 11) is 0. The van der Waals surface area contributed by atoms with Crippen LogP contribution in [0.25, 0.3) is 11.3 Å². The molecule has 0 aliphatic rings. The van der Waals surface area contributed by atoms with Crippen molar-refractivity contribution in [3.05, 3.63) is 71.1 Å². The molecule has 0 bridgehead atoms. The van der Waals surface area contributed by atoms with E-state index in [1.54, 1.807) is 42.7 Å². The molecule has 2 heterocycles. The summed E-state index contributed by atoms with van der Waals surface area (Å²) in [6, 6.07) is 10.6. The van der Waals surface area contributed by atoms with Gasteiger partial charge in [-0.2, -0.15) is 0 Å². The first-order valence-electron chi connectivity index (χ1n) is 7.18. The van der Waals surface area contributed by atoms with Crippen LogP contribution in [-0.4, -0.2) is 15.9 Å². The van der Waals surface area contributed by atoms with Crippen molar-refractivity contribution in [1.82, 2.24) is 9.97 Å². The Bertz CT molecular complexity index is 912. The fourth-order valence-corrected chi connectivity index (χ4v) is 2.48. The number of ether oxygens (including phenoxy) is 1. The van der Waals surface area contributed by atoms with Gasteiger partial charge in [0, 0.05) is 35.7 Å². The van der Waals surface area contributed by atoms with Crippen molar-refractivity contribution in [1.29, 1.82) is 0 Å². The summed E-state index contributed by atoms with van der Waals surface area (Å²) in [6.45, 7) is 1.83. The molecule has 5 nitrogen and oxygen atoms in total. The van der Waals surface area contributed by atoms with Gasteiger partial charge in [0.15, 0.2) is 0 Å². The second kappa shape index (κ2) is 6.68. The third-order valence-electron chi connectivity index (χ3n) is 3.43. The number of hydrogen-bond acceptors (Lipinski definition) is 4. The third kappa shape index (κ3) is 3.52. The van der Waals surface area contributed by atoms with E-state index in [1.807, 2.05) is 13.0 Å². The van der Waals surface area contributed by atoms with Crippen molar-refractivity contribution in [2.45, 2.75) is 6.92 Å². The number of pyridine rings is 2. The largest absolute Gasteiger partial charge is 0.456 e. The van der Waals surface area contributed by atoms with Crippen LogP contribution in [-0.2, 0) is 0 Å². The Kier molecular flexibility index (Phi) is 4.44. The lowest BCUT2D eigenvalue weighted by Crippen LogP contribution is -2.12. The Balaban J connectivity index is 1.90. The molecule has 0 fully saturated rings. The van der Waals surface area contributed by atoms with Gasteiger partial charge >= 0.3 is 0 Å². The average molecular weight is 340 g/mol. The molecule has 0 unspecified atom stereocenters. The molecule has 1 aromatic carbocycles. The van der Waals surface area contributed by atoms with Crippen LogP contribution in [0.2, 0.25) is 5.02 Å². The molecular weight excluding hydrogens is 326 g/mol. The molecule has 2 aromatic heterocycles. The zero-order valence-electron chi connectivity index (χ0n) is 12.9. The van der Waals surface area contributed by atoms with Gasteiger partial charge < -0.3 is 10.5 Å². The second-order valence-electron chi connectivity index (χ2n) is 5.21. The highest BCUT2D eigenvalue weighted by molar-refractivity contribution is 6.30. The van der Waals surface area contributed by atoms with Crippen LogP contribution in [0, 0.1) is 6.92 Å². The molecular formula is C18H14ClN3O2. The van der Waals surface area contributed by atoms with Gasteiger partial charge in [-0.1, -0.05) is 17.7 Å². The van der Waals surface area contributed by atoms with E-state index in [1.165, 1.54) is 6.20 Å². The second-order valence-corrected chi connectivity index (χ2v) is 5.65. The van der Waals surface area contributed by atoms with Crippen molar-refractivity contribution >= 4 is 17.5 Å². The number of rotatable bonds is 4. The number of primary amides is 1. The molecule has 0 aliphatic heterocycles. The summed E-state index contributed by atoms with van der Waals surface area (Å²) in [5.41, 5.74) is 8.22. The number of nitrogens with zero attached hydrogens (tertiary/aromatic N) is 2. The lowest BCUT2D eigenvalue weighted by molar-refractivity contribution is 0.0999. The predicted molar refractivity (Wildman–Crippen MR) is 92.2 cm³/mol. The number of hydrogen-bond donors (Lipinski definition) is 1. The first-order chi connectivity index (χ1) is 11.5. The molecule has 0 radical (unpaired) electrons. The van der Waals surface area contributed by atoms with Gasteiger partial charge in [-0.25, -0.2) is 0 Å². The normalized spacial score (nSPS) is 10.4. The number of carbonyl (C=O) groups excluding carboxylic acids is 1. The summed E-state index contributed by atoms with van der Waals surface area (Å²) >= 11 is 5.90. The summed E-state index contributed by atoms with van der Waals surface area (Å²) in [5.74, 6) is 0.707. The smallest absolute Gasteiger partial charge is 0.248 e. The summed E-state index contributed by atoms with van der Waals surface area (Å²) in [5, 5.41) is 0.499. The number of amides is 1. The maximum absolute atomic E-state index is 11.3. The first kappa shape index (κ1) is 16.0. The molecule has 120 valence electrons. The van der Waals surface area contributed by atoms with Crippen LogP contribution in [0.5, 0.6) is 11.5 Å². The van der Waals surface area contributed by atoms with E-state index in [4.69, 9.17) is 22.1 Å². The number of aryl methyl sites for hydroxylation is 1. The van der Waals surface area contributed by atoms with Crippen molar-refractivity contribution in [3.8, 4) is 22.8 Å². The Hall–Kier alpha value is -2.92. The van der Waals surface area contributed by atoms with Crippen LogP contribution >= 0.6 is 11.6 Å². The Morgan fingerprint density at radius 1 is 1.12 bits per heavy atom. The van der Waals surface area contributed by atoms with Crippen LogP contribution in [0.15, 0.2) is 55.0 Å². The molecule has 2 N–H and O–H groups in total. The van der Waals surface area contributed by atoms with Gasteiger partial charge in [0.25, 0.3) is 0 Å². The van der Waals surface area contributed by atoms with Crippen LogP contribution < -0.4 is 10.5 Å². The average Bonchev–Trinajstić information content (AvgIpc) is 2.54. The van der Waals surface area contributed by atoms with Crippen molar-refractivity contribution in [3.63, 3.8) is 0 Å². The Morgan fingerprint density at radius 3 is 2.67 bits per heavy atom. The molecule has 3 aromatic rings. The van der Waals surface area contributed by atoms with Crippen LogP contribution in [0.4, 0.5) is 0 Å². The van der Waals surface area contributed by atoms with Gasteiger partial charge in [-0.15, -0.1) is 0 Å². The Morgan fingerprint density at radius 2 is 1.96 bits per heavy atom. The molecule has 0 aliphatic carbocycles. The van der Waals surface area contributed by atoms with Gasteiger partial charge in [0.05, 0.1) is 16.9 Å². The van der Waals surface area contributed by atoms with E-state index in [0.717, 1.165) is 16.8 Å². The number of halogens is 1. The first-order valence-corrected chi connectivity index (χ1v) is 7.56. The van der Waals surface area contributed by atoms with Gasteiger partial charge in [-0.3, -0.25) is 14.8 Å². The SMILES string of the molecule is Cc1cc(-c2cc(Oc3cncc(Cl)c3)ccn2)ccc1C(N)=O. The van der Waals surface area contributed by atoms with Crippen molar-refractivity contribution in [2.75, 3.05) is 0 Å². The topological polar surface area (TPSA) is 78.1 Å². The molecule has 0 spiro atoms. The van der Waals surface area contributed by atoms with Crippen LogP contribution in [0.1, 0.15) is 15.9 Å². The highest BCUT2D eigenvalue weighted by atomic mass is 35.5. The van der Waals surface area contributed by atoms with E-state index < -0.39 is 5.91 Å². The monoisotopic (exact) mass is 339 g/mol. The standard InChI is InChI=1S/C18H14ClN3O2/c1-11-6-12(2-3-16(11)18(20)23)17-8-14(4-5-22-17)24-15-7-13(19)9-21-10-15/h2-10H,1H3,(H2,20,23). The molecule has 1 amide bonds. The van der Waals surface area contributed by atoms with Crippen molar-refractivity contribution in [2.24, 2.45) is 5.73 Å². The summed E-state index contributed by atoms with van der Waals surface area (Å²) in [4.78, 5) is 19.7. The summed E-state index contributed by atoms with van der Waals surface area (Å²) < 4.78 is 5.75. The van der Waals surface area contributed by atoms with Crippen molar-refractivity contribution < 1.29 is 9.53 Å². The minimum Gasteiger partial charge on any atom is -0.456 e. The predicted octanol–water partition coefficient (Wildman–Crippen LogP) is 4.00. The number of benzene rings is 1. The van der Waals surface area contributed by atoms with Gasteiger partial charge in [0.2, 0.25) is 5.91 Å². The lowest BCUT2D eigenvalue weighted by Gasteiger charge is -2.09. The Labute approximate surface area is 144 Å². The molecule has 0 saturated carbocycles. The zero-order valence-corrected chi connectivity index (χ0v) is 13.6. The van der Waals surface area contributed by atoms with E-state index in [0.29, 0.717) is 22.1 Å². The highest BCUT2D eigenvalue weighted by Crippen LogP contribution is 2.27. The minimum absolute atomic E-state index is 0.447. The molecule has 24 heavy (non-hydrogen) atoms. The van der Waals surface area contributed by atoms with E-state index in [9.17, 15) is 4.79 Å². The fourth-order valence-electron chi connectivity index (χ4n) is 2.32. The quantitative estimate of drug-likeness (QED) is 0.779. The highest BCUT2D eigenvalue weighted by Gasteiger charge is 2.08. The maximum atomic E-state index is 11.3. The summed E-state index contributed by atoms with van der Waals surface area (Å²) in [6.07, 6.45) is 4.77. The number of aromatic nitrogens is 2.